The zero-order valence-corrected chi connectivity index (χ0v) is 9.03. The van der Waals surface area contributed by atoms with Crippen LogP contribution in [0.1, 0.15) is 5.56 Å². The minimum Gasteiger partial charge on any atom is -0.496 e. The monoisotopic (exact) mass is 222 g/mol. The van der Waals surface area contributed by atoms with Crippen LogP contribution in [0.15, 0.2) is 34.5 Å². The van der Waals surface area contributed by atoms with Crippen LogP contribution >= 0.6 is 12.2 Å². The highest BCUT2D eigenvalue weighted by molar-refractivity contribution is 7.80. The number of para-hydroxylation sites is 1. The summed E-state index contributed by atoms with van der Waals surface area (Å²) < 4.78 is 10.4. The van der Waals surface area contributed by atoms with Crippen LogP contribution in [-0.4, -0.2) is 18.5 Å². The molecular weight excluding hydrogens is 212 g/mol. The molecule has 0 radical (unpaired) electrons. The number of azo groups is 1. The van der Waals surface area contributed by atoms with Crippen molar-refractivity contribution in [2.75, 3.05) is 7.11 Å². The maximum atomic E-state index is 5.22. The Morgan fingerprint density at radius 2 is 2.27 bits per heavy atom. The fourth-order valence-electron chi connectivity index (χ4n) is 1.42. The van der Waals surface area contributed by atoms with Crippen LogP contribution in [0.5, 0.6) is 5.75 Å². The third-order valence-corrected chi connectivity index (χ3v) is 2.27. The molecule has 0 amide bonds. The van der Waals surface area contributed by atoms with Gasteiger partial charge in [0, 0.05) is 6.42 Å². The van der Waals surface area contributed by atoms with Crippen molar-refractivity contribution < 1.29 is 9.47 Å². The van der Waals surface area contributed by atoms with Gasteiger partial charge in [0.2, 0.25) is 6.23 Å². The summed E-state index contributed by atoms with van der Waals surface area (Å²) in [6.45, 7) is 0. The minimum atomic E-state index is -0.311. The zero-order chi connectivity index (χ0) is 10.7. The van der Waals surface area contributed by atoms with E-state index < -0.39 is 0 Å². The third-order valence-electron chi connectivity index (χ3n) is 2.09. The summed E-state index contributed by atoms with van der Waals surface area (Å²) in [5, 5.41) is 7.76. The summed E-state index contributed by atoms with van der Waals surface area (Å²) >= 11 is 4.76. The molecule has 0 N–H and O–H groups in total. The molecule has 5 heteroatoms. The zero-order valence-electron chi connectivity index (χ0n) is 8.21. The largest absolute Gasteiger partial charge is 0.496 e. The van der Waals surface area contributed by atoms with Gasteiger partial charge in [-0.3, -0.25) is 0 Å². The molecule has 1 heterocycles. The molecule has 1 aliphatic rings. The van der Waals surface area contributed by atoms with Gasteiger partial charge in [-0.05, 0) is 23.8 Å². The minimum absolute atomic E-state index is 0.204. The molecule has 78 valence electrons. The lowest BCUT2D eigenvalue weighted by Gasteiger charge is -2.10. The van der Waals surface area contributed by atoms with Crippen molar-refractivity contribution in [3.05, 3.63) is 29.8 Å². The Labute approximate surface area is 92.9 Å². The first-order chi connectivity index (χ1) is 7.29. The first-order valence-electron chi connectivity index (χ1n) is 4.53. The molecule has 0 fully saturated rings. The van der Waals surface area contributed by atoms with Gasteiger partial charge in [0.25, 0.3) is 0 Å². The summed E-state index contributed by atoms with van der Waals surface area (Å²) in [6, 6.07) is 7.74. The lowest BCUT2D eigenvalue weighted by molar-refractivity contribution is 0.220. The summed E-state index contributed by atoms with van der Waals surface area (Å²) in [7, 11) is 1.64. The number of methoxy groups -OCH3 is 1. The molecule has 1 atom stereocenters. The highest BCUT2D eigenvalue weighted by atomic mass is 32.1. The average Bonchev–Trinajstić information content (AvgIpc) is 2.65. The van der Waals surface area contributed by atoms with Crippen molar-refractivity contribution in [1.82, 2.24) is 0 Å². The van der Waals surface area contributed by atoms with Gasteiger partial charge in [0.05, 0.1) is 7.11 Å². The molecule has 0 saturated heterocycles. The molecule has 15 heavy (non-hydrogen) atoms. The standard InChI is InChI=1S/C10H10N2O2S/c1-13-8-5-3-2-4-7(8)6-9-11-12-10(15)14-9/h2-5,9H,6H2,1H3. The van der Waals surface area contributed by atoms with Crippen molar-refractivity contribution >= 4 is 17.4 Å². The summed E-state index contributed by atoms with van der Waals surface area (Å²) in [5.74, 6) is 0.828. The van der Waals surface area contributed by atoms with Crippen LogP contribution in [0, 0.1) is 0 Å². The Morgan fingerprint density at radius 3 is 2.93 bits per heavy atom. The number of thiocarbonyl (C=S) groups is 1. The molecule has 2 rings (SSSR count). The predicted octanol–water partition coefficient (Wildman–Crippen LogP) is 2.33. The lowest BCUT2D eigenvalue weighted by Crippen LogP contribution is -2.10. The first kappa shape index (κ1) is 10.0. The molecule has 0 bridgehead atoms. The Balaban J connectivity index is 2.10. The van der Waals surface area contributed by atoms with E-state index in [0.29, 0.717) is 6.42 Å². The van der Waals surface area contributed by atoms with Crippen molar-refractivity contribution in [3.8, 4) is 5.75 Å². The molecular formula is C10H10N2O2S. The van der Waals surface area contributed by atoms with E-state index in [9.17, 15) is 0 Å². The normalized spacial score (nSPS) is 19.0. The van der Waals surface area contributed by atoms with Crippen LogP contribution in [0.25, 0.3) is 0 Å². The Kier molecular flexibility index (Phi) is 2.91. The van der Waals surface area contributed by atoms with Gasteiger partial charge >= 0.3 is 5.17 Å². The van der Waals surface area contributed by atoms with Gasteiger partial charge in [-0.1, -0.05) is 18.2 Å². The SMILES string of the molecule is COc1ccccc1CC1N=NC(=S)O1. The van der Waals surface area contributed by atoms with Crippen molar-refractivity contribution in [2.24, 2.45) is 10.2 Å². The molecule has 4 nitrogen and oxygen atoms in total. The van der Waals surface area contributed by atoms with Gasteiger partial charge < -0.3 is 9.47 Å². The topological polar surface area (TPSA) is 43.2 Å². The van der Waals surface area contributed by atoms with Gasteiger partial charge in [0.15, 0.2) is 0 Å². The second-order valence-electron chi connectivity index (χ2n) is 3.07. The van der Waals surface area contributed by atoms with Crippen LogP contribution in [0.2, 0.25) is 0 Å². The number of nitrogens with zero attached hydrogens (tertiary/aromatic N) is 2. The van der Waals surface area contributed by atoms with Crippen LogP contribution in [0.3, 0.4) is 0 Å². The maximum Gasteiger partial charge on any atom is 0.304 e. The number of rotatable bonds is 3. The maximum absolute atomic E-state index is 5.22. The van der Waals surface area contributed by atoms with Gasteiger partial charge in [-0.25, -0.2) is 0 Å². The molecule has 0 aliphatic carbocycles. The summed E-state index contributed by atoms with van der Waals surface area (Å²) in [6.07, 6.45) is 0.307. The third kappa shape index (κ3) is 2.30. The van der Waals surface area contributed by atoms with Crippen molar-refractivity contribution in [1.29, 1.82) is 0 Å². The molecule has 0 spiro atoms. The van der Waals surface area contributed by atoms with E-state index in [-0.39, 0.29) is 11.4 Å². The van der Waals surface area contributed by atoms with Gasteiger partial charge in [-0.15, -0.1) is 10.2 Å². The molecule has 1 aromatic rings. The fraction of sp³-hybridized carbons (Fsp3) is 0.300. The highest BCUT2D eigenvalue weighted by Crippen LogP contribution is 2.22. The smallest absolute Gasteiger partial charge is 0.304 e. The second kappa shape index (κ2) is 4.35. The van der Waals surface area contributed by atoms with Crippen LogP contribution in [-0.2, 0) is 11.2 Å². The quantitative estimate of drug-likeness (QED) is 0.737. The van der Waals surface area contributed by atoms with Crippen molar-refractivity contribution in [3.63, 3.8) is 0 Å². The van der Waals surface area contributed by atoms with E-state index in [1.807, 2.05) is 24.3 Å². The molecule has 0 saturated carbocycles. The Bertz CT molecular complexity index is 406. The van der Waals surface area contributed by atoms with Gasteiger partial charge in [0.1, 0.15) is 5.75 Å². The van der Waals surface area contributed by atoms with E-state index >= 15 is 0 Å². The van der Waals surface area contributed by atoms with E-state index in [2.05, 4.69) is 10.2 Å². The second-order valence-corrected chi connectivity index (χ2v) is 3.42. The number of benzene rings is 1. The molecule has 0 aromatic heterocycles. The van der Waals surface area contributed by atoms with E-state index in [0.717, 1.165) is 11.3 Å². The van der Waals surface area contributed by atoms with Crippen LogP contribution < -0.4 is 4.74 Å². The summed E-state index contributed by atoms with van der Waals surface area (Å²) in [5.41, 5.74) is 1.04. The predicted molar refractivity (Wildman–Crippen MR) is 59.0 cm³/mol. The van der Waals surface area contributed by atoms with Gasteiger partial charge in [-0.2, -0.15) is 0 Å². The van der Waals surface area contributed by atoms with E-state index in [4.69, 9.17) is 21.7 Å². The Hall–Kier alpha value is -1.49. The van der Waals surface area contributed by atoms with Crippen LogP contribution in [0.4, 0.5) is 0 Å². The van der Waals surface area contributed by atoms with E-state index in [1.54, 1.807) is 7.11 Å². The highest BCUT2D eigenvalue weighted by Gasteiger charge is 2.19. The molecule has 1 aromatic carbocycles. The first-order valence-corrected chi connectivity index (χ1v) is 4.94. The number of ether oxygens (including phenoxy) is 2. The lowest BCUT2D eigenvalue weighted by atomic mass is 10.1. The number of hydrogen-bond acceptors (Lipinski definition) is 4. The average molecular weight is 222 g/mol. The molecule has 1 aliphatic heterocycles. The Morgan fingerprint density at radius 1 is 1.47 bits per heavy atom. The fourth-order valence-corrected chi connectivity index (χ4v) is 1.58. The molecule has 1 unspecified atom stereocenters. The summed E-state index contributed by atoms with van der Waals surface area (Å²) in [4.78, 5) is 0. The number of hydrogen-bond donors (Lipinski definition) is 0. The van der Waals surface area contributed by atoms with Crippen molar-refractivity contribution in [2.45, 2.75) is 12.6 Å². The van der Waals surface area contributed by atoms with E-state index in [1.165, 1.54) is 0 Å².